The molecule has 1 aliphatic heterocycles. The van der Waals surface area contributed by atoms with Crippen LogP contribution in [0.3, 0.4) is 0 Å². The molecule has 0 radical (unpaired) electrons. The van der Waals surface area contributed by atoms with Gasteiger partial charge in [-0.2, -0.15) is 0 Å². The van der Waals surface area contributed by atoms with Gasteiger partial charge < -0.3 is 14.4 Å². The van der Waals surface area contributed by atoms with Crippen LogP contribution >= 0.6 is 0 Å². The summed E-state index contributed by atoms with van der Waals surface area (Å²) in [4.78, 5) is 14.1. The number of para-hydroxylation sites is 1. The first-order valence-corrected chi connectivity index (χ1v) is 11.2. The zero-order valence-corrected chi connectivity index (χ0v) is 17.5. The molecule has 0 saturated carbocycles. The molecule has 0 bridgehead atoms. The van der Waals surface area contributed by atoms with Crippen molar-refractivity contribution in [1.29, 1.82) is 0 Å². The first-order chi connectivity index (χ1) is 14.4. The Bertz CT molecular complexity index is 977. The van der Waals surface area contributed by atoms with Crippen molar-refractivity contribution in [2.45, 2.75) is 23.8 Å². The molecule has 3 rings (SSSR count). The summed E-state index contributed by atoms with van der Waals surface area (Å²) in [7, 11) is -2.18. The van der Waals surface area contributed by atoms with E-state index in [0.717, 1.165) is 12.8 Å². The molecule has 1 N–H and O–H groups in total. The van der Waals surface area contributed by atoms with E-state index < -0.39 is 15.8 Å². The topological polar surface area (TPSA) is 84.9 Å². The number of hydrogen-bond acceptors (Lipinski definition) is 5. The van der Waals surface area contributed by atoms with Gasteiger partial charge in [0.25, 0.3) is 5.91 Å². The molecule has 0 spiro atoms. The van der Waals surface area contributed by atoms with E-state index in [1.54, 1.807) is 25.2 Å². The summed E-state index contributed by atoms with van der Waals surface area (Å²) in [5.41, 5.74) is 0.239. The summed E-state index contributed by atoms with van der Waals surface area (Å²) in [6.45, 7) is 1.16. The zero-order chi connectivity index (χ0) is 21.6. The molecular weight excluding hydrogens is 411 g/mol. The van der Waals surface area contributed by atoms with E-state index in [1.165, 1.54) is 35.2 Å². The van der Waals surface area contributed by atoms with E-state index in [-0.39, 0.29) is 47.9 Å². The number of amides is 1. The number of nitrogens with zero attached hydrogens (tertiary/aromatic N) is 1. The molecule has 1 heterocycles. The first kappa shape index (κ1) is 22.2. The summed E-state index contributed by atoms with van der Waals surface area (Å²) < 4.78 is 52.0. The van der Waals surface area contributed by atoms with E-state index in [2.05, 4.69) is 4.72 Å². The van der Waals surface area contributed by atoms with Crippen molar-refractivity contribution in [3.8, 4) is 5.75 Å². The molecule has 7 nitrogen and oxygen atoms in total. The number of ether oxygens (including phenoxy) is 2. The highest BCUT2D eigenvalue weighted by Crippen LogP contribution is 2.17. The van der Waals surface area contributed by atoms with Crippen molar-refractivity contribution in [3.05, 3.63) is 59.9 Å². The number of sulfonamides is 1. The van der Waals surface area contributed by atoms with Crippen LogP contribution in [0.25, 0.3) is 0 Å². The summed E-state index contributed by atoms with van der Waals surface area (Å²) in [5, 5.41) is 0. The number of carbonyl (C=O) groups is 1. The largest absolute Gasteiger partial charge is 0.489 e. The maximum absolute atomic E-state index is 13.6. The van der Waals surface area contributed by atoms with Crippen LogP contribution in [-0.2, 0) is 14.8 Å². The van der Waals surface area contributed by atoms with Crippen LogP contribution in [0, 0.1) is 5.82 Å². The molecule has 1 saturated heterocycles. The Morgan fingerprint density at radius 3 is 2.80 bits per heavy atom. The molecule has 0 aliphatic carbocycles. The molecule has 9 heteroatoms. The van der Waals surface area contributed by atoms with Crippen molar-refractivity contribution in [2.24, 2.45) is 0 Å². The third-order valence-electron chi connectivity index (χ3n) is 4.78. The Balaban J connectivity index is 1.58. The molecule has 2 aromatic rings. The lowest BCUT2D eigenvalue weighted by Gasteiger charge is -2.18. The Morgan fingerprint density at radius 1 is 1.27 bits per heavy atom. The highest BCUT2D eigenvalue weighted by molar-refractivity contribution is 7.89. The second-order valence-electron chi connectivity index (χ2n) is 7.02. The second kappa shape index (κ2) is 10.0. The molecule has 1 amide bonds. The van der Waals surface area contributed by atoms with Crippen LogP contribution in [0.5, 0.6) is 5.75 Å². The zero-order valence-electron chi connectivity index (χ0n) is 16.7. The van der Waals surface area contributed by atoms with Crippen LogP contribution in [0.2, 0.25) is 0 Å². The average molecular weight is 437 g/mol. The molecule has 1 unspecified atom stereocenters. The van der Waals surface area contributed by atoms with Gasteiger partial charge in [-0.3, -0.25) is 4.79 Å². The van der Waals surface area contributed by atoms with Gasteiger partial charge in [0.05, 0.1) is 17.5 Å². The number of nitrogens with one attached hydrogen (secondary N) is 1. The van der Waals surface area contributed by atoms with Gasteiger partial charge in [0.2, 0.25) is 10.0 Å². The quantitative estimate of drug-likeness (QED) is 0.653. The number of rotatable bonds is 9. The summed E-state index contributed by atoms with van der Waals surface area (Å²) in [6, 6.07) is 11.9. The minimum absolute atomic E-state index is 0.0161. The van der Waals surface area contributed by atoms with Gasteiger partial charge in [-0.1, -0.05) is 18.2 Å². The number of halogens is 1. The third-order valence-corrected chi connectivity index (χ3v) is 6.21. The van der Waals surface area contributed by atoms with E-state index >= 15 is 0 Å². The fraction of sp³-hybridized carbons (Fsp3) is 0.381. The van der Waals surface area contributed by atoms with Crippen LogP contribution in [0.15, 0.2) is 53.4 Å². The Hall–Kier alpha value is -2.49. The number of hydrogen-bond donors (Lipinski definition) is 1. The molecule has 1 aliphatic rings. The van der Waals surface area contributed by atoms with Crippen molar-refractivity contribution in [2.75, 3.05) is 33.4 Å². The predicted octanol–water partition coefficient (Wildman–Crippen LogP) is 2.43. The van der Waals surface area contributed by atoms with Crippen LogP contribution in [-0.4, -0.2) is 58.7 Å². The third kappa shape index (κ3) is 5.78. The van der Waals surface area contributed by atoms with Crippen LogP contribution in [0.4, 0.5) is 4.39 Å². The van der Waals surface area contributed by atoms with E-state index in [9.17, 15) is 17.6 Å². The minimum Gasteiger partial charge on any atom is -0.489 e. The van der Waals surface area contributed by atoms with Gasteiger partial charge in [-0.25, -0.2) is 17.5 Å². The lowest BCUT2D eigenvalue weighted by molar-refractivity contribution is 0.0772. The Kier molecular flexibility index (Phi) is 7.41. The fourth-order valence-corrected chi connectivity index (χ4v) is 4.18. The molecule has 162 valence electrons. The maximum atomic E-state index is 13.6. The molecule has 0 aromatic heterocycles. The Labute approximate surface area is 175 Å². The van der Waals surface area contributed by atoms with Crippen molar-refractivity contribution < 1.29 is 27.1 Å². The normalized spacial score (nSPS) is 16.4. The molecule has 1 atom stereocenters. The van der Waals surface area contributed by atoms with Crippen molar-refractivity contribution in [1.82, 2.24) is 9.62 Å². The summed E-state index contributed by atoms with van der Waals surface area (Å²) in [6.07, 6.45) is 1.62. The smallest absolute Gasteiger partial charge is 0.253 e. The fourth-order valence-electron chi connectivity index (χ4n) is 3.06. The van der Waals surface area contributed by atoms with Gasteiger partial charge >= 0.3 is 0 Å². The lowest BCUT2D eigenvalue weighted by atomic mass is 10.2. The maximum Gasteiger partial charge on any atom is 0.253 e. The number of benzene rings is 2. The lowest BCUT2D eigenvalue weighted by Crippen LogP contribution is -2.33. The highest BCUT2D eigenvalue weighted by Gasteiger charge is 2.21. The van der Waals surface area contributed by atoms with Gasteiger partial charge in [-0.05, 0) is 43.2 Å². The highest BCUT2D eigenvalue weighted by atomic mass is 32.2. The SMILES string of the molecule is CN(CCOc1ccccc1F)C(=O)c1cccc(S(=O)(=O)NCC2CCCO2)c1. The van der Waals surface area contributed by atoms with Gasteiger partial charge in [-0.15, -0.1) is 0 Å². The van der Waals surface area contributed by atoms with Crippen LogP contribution in [0.1, 0.15) is 23.2 Å². The number of likely N-dealkylation sites (N-methyl/N-ethyl adjacent to an activating group) is 1. The van der Waals surface area contributed by atoms with Crippen molar-refractivity contribution in [3.63, 3.8) is 0 Å². The minimum atomic E-state index is -3.75. The molecular formula is C21H25FN2O5S. The standard InChI is InChI=1S/C21H25FN2O5S/c1-24(11-13-29-20-10-3-2-9-19(20)22)21(25)16-6-4-8-18(14-16)30(26,27)23-15-17-7-5-12-28-17/h2-4,6,8-10,14,17,23H,5,7,11-13,15H2,1H3. The molecule has 30 heavy (non-hydrogen) atoms. The van der Waals surface area contributed by atoms with Gasteiger partial charge in [0.1, 0.15) is 6.61 Å². The average Bonchev–Trinajstić information content (AvgIpc) is 3.27. The molecule has 1 fully saturated rings. The predicted molar refractivity (Wildman–Crippen MR) is 109 cm³/mol. The number of carbonyl (C=O) groups excluding carboxylic acids is 1. The van der Waals surface area contributed by atoms with Gasteiger partial charge in [0.15, 0.2) is 11.6 Å². The Morgan fingerprint density at radius 2 is 2.07 bits per heavy atom. The van der Waals surface area contributed by atoms with Crippen molar-refractivity contribution >= 4 is 15.9 Å². The van der Waals surface area contributed by atoms with E-state index in [4.69, 9.17) is 9.47 Å². The second-order valence-corrected chi connectivity index (χ2v) is 8.79. The first-order valence-electron chi connectivity index (χ1n) is 9.71. The summed E-state index contributed by atoms with van der Waals surface area (Å²) in [5.74, 6) is -0.716. The van der Waals surface area contributed by atoms with Crippen LogP contribution < -0.4 is 9.46 Å². The molecule has 2 aromatic carbocycles. The monoisotopic (exact) mass is 436 g/mol. The van der Waals surface area contributed by atoms with E-state index in [1.807, 2.05) is 0 Å². The summed E-state index contributed by atoms with van der Waals surface area (Å²) >= 11 is 0. The van der Waals surface area contributed by atoms with Gasteiger partial charge in [0, 0.05) is 25.8 Å². The van der Waals surface area contributed by atoms with E-state index in [0.29, 0.717) is 6.61 Å².